The highest BCUT2D eigenvalue weighted by atomic mass is 35.5. The van der Waals surface area contributed by atoms with Crippen LogP contribution in [0.2, 0.25) is 5.02 Å². The number of allylic oxidation sites excluding steroid dienone is 1. The Bertz CT molecular complexity index is 675. The molecule has 1 saturated heterocycles. The van der Waals surface area contributed by atoms with Gasteiger partial charge in [0, 0.05) is 30.5 Å². The summed E-state index contributed by atoms with van der Waals surface area (Å²) in [5, 5.41) is 9.98. The average Bonchev–Trinajstić information content (AvgIpc) is 3.12. The summed E-state index contributed by atoms with van der Waals surface area (Å²) in [7, 11) is 0. The molecule has 0 aromatic carbocycles. The van der Waals surface area contributed by atoms with Crippen molar-refractivity contribution in [2.75, 3.05) is 5.75 Å². The highest BCUT2D eigenvalue weighted by Gasteiger charge is 2.28. The Labute approximate surface area is 129 Å². The predicted octanol–water partition coefficient (Wildman–Crippen LogP) is 3.20. The molecule has 1 unspecified atom stereocenters. The van der Waals surface area contributed by atoms with Crippen LogP contribution in [0, 0.1) is 11.3 Å². The number of aromatic nitrogens is 4. The third-order valence-corrected chi connectivity index (χ3v) is 5.68. The molecule has 20 heavy (non-hydrogen) atoms. The maximum atomic E-state index is 9.32. The molecular weight excluding hydrogens is 314 g/mol. The fourth-order valence-corrected chi connectivity index (χ4v) is 4.58. The molecule has 0 radical (unpaired) electrons. The lowest BCUT2D eigenvalue weighted by molar-refractivity contribution is 0.934. The van der Waals surface area contributed by atoms with Gasteiger partial charge in [0.25, 0.3) is 0 Å². The number of rotatable bonds is 2. The van der Waals surface area contributed by atoms with E-state index in [0.29, 0.717) is 10.7 Å². The summed E-state index contributed by atoms with van der Waals surface area (Å²) in [4.78, 5) is 12.5. The zero-order valence-corrected chi connectivity index (χ0v) is 12.5. The minimum Gasteiger partial charge on any atom is -0.296 e. The van der Waals surface area contributed by atoms with Crippen LogP contribution in [-0.4, -0.2) is 25.3 Å². The van der Waals surface area contributed by atoms with Gasteiger partial charge in [-0.05, 0) is 0 Å². The van der Waals surface area contributed by atoms with E-state index in [0.717, 1.165) is 15.8 Å². The van der Waals surface area contributed by atoms with E-state index in [-0.39, 0.29) is 5.25 Å². The van der Waals surface area contributed by atoms with Gasteiger partial charge in [0.1, 0.15) is 17.6 Å². The Morgan fingerprint density at radius 1 is 1.45 bits per heavy atom. The lowest BCUT2D eigenvalue weighted by Gasteiger charge is -2.05. The van der Waals surface area contributed by atoms with Gasteiger partial charge in [0.15, 0.2) is 0 Å². The van der Waals surface area contributed by atoms with E-state index in [1.165, 1.54) is 0 Å². The summed E-state index contributed by atoms with van der Waals surface area (Å²) in [6.45, 7) is 0. The molecule has 0 aliphatic carbocycles. The first-order chi connectivity index (χ1) is 9.78. The second kappa shape index (κ2) is 5.87. The zero-order chi connectivity index (χ0) is 13.9. The van der Waals surface area contributed by atoms with E-state index in [2.05, 4.69) is 21.0 Å². The molecule has 100 valence electrons. The van der Waals surface area contributed by atoms with E-state index < -0.39 is 0 Å². The third-order valence-electron chi connectivity index (χ3n) is 2.61. The highest BCUT2D eigenvalue weighted by molar-refractivity contribution is 8.25. The standard InChI is InChI=1S/C12H8ClN5S2/c13-8-4-16-11(17-5-8)10-6-19-12(20-10)9(3-14)18-2-1-15-7-18/h1-2,4-5,7,10H,6H2/b12-9+. The summed E-state index contributed by atoms with van der Waals surface area (Å²) in [5.41, 5.74) is 0.592. The number of hydrogen-bond donors (Lipinski definition) is 0. The van der Waals surface area contributed by atoms with Crippen LogP contribution in [0.15, 0.2) is 35.4 Å². The van der Waals surface area contributed by atoms with Gasteiger partial charge in [-0.15, -0.1) is 23.5 Å². The monoisotopic (exact) mass is 321 g/mol. The van der Waals surface area contributed by atoms with Crippen LogP contribution in [0.5, 0.6) is 0 Å². The van der Waals surface area contributed by atoms with Crippen LogP contribution < -0.4 is 0 Å². The summed E-state index contributed by atoms with van der Waals surface area (Å²) < 4.78 is 2.69. The minimum absolute atomic E-state index is 0.138. The van der Waals surface area contributed by atoms with Crippen molar-refractivity contribution >= 4 is 40.8 Å². The number of nitrogens with zero attached hydrogens (tertiary/aromatic N) is 5. The van der Waals surface area contributed by atoms with E-state index in [4.69, 9.17) is 11.6 Å². The summed E-state index contributed by atoms with van der Waals surface area (Å²) in [6, 6.07) is 2.23. The molecule has 0 saturated carbocycles. The molecule has 1 aliphatic rings. The van der Waals surface area contributed by atoms with Gasteiger partial charge in [-0.2, -0.15) is 5.26 Å². The average molecular weight is 322 g/mol. The van der Waals surface area contributed by atoms with Gasteiger partial charge in [-0.3, -0.25) is 4.57 Å². The van der Waals surface area contributed by atoms with E-state index in [1.54, 1.807) is 59.2 Å². The van der Waals surface area contributed by atoms with Crippen LogP contribution in [0.25, 0.3) is 5.70 Å². The van der Waals surface area contributed by atoms with Crippen molar-refractivity contribution in [1.82, 2.24) is 19.5 Å². The van der Waals surface area contributed by atoms with Crippen molar-refractivity contribution in [3.05, 3.63) is 46.2 Å². The van der Waals surface area contributed by atoms with Crippen molar-refractivity contribution in [3.8, 4) is 6.07 Å². The molecule has 5 nitrogen and oxygen atoms in total. The Morgan fingerprint density at radius 3 is 2.90 bits per heavy atom. The summed E-state index contributed by atoms with van der Waals surface area (Å²) in [6.07, 6.45) is 8.23. The molecule has 0 amide bonds. The van der Waals surface area contributed by atoms with Crippen LogP contribution >= 0.6 is 35.1 Å². The normalized spacial score (nSPS) is 20.7. The molecule has 2 aromatic rings. The van der Waals surface area contributed by atoms with Crippen molar-refractivity contribution < 1.29 is 0 Å². The predicted molar refractivity (Wildman–Crippen MR) is 80.9 cm³/mol. The third kappa shape index (κ3) is 2.68. The van der Waals surface area contributed by atoms with Crippen LogP contribution in [0.3, 0.4) is 0 Å². The molecule has 0 bridgehead atoms. The Kier molecular flexibility index (Phi) is 3.96. The summed E-state index contributed by atoms with van der Waals surface area (Å²) >= 11 is 9.03. The Morgan fingerprint density at radius 2 is 2.25 bits per heavy atom. The molecule has 3 rings (SSSR count). The molecule has 1 aliphatic heterocycles. The second-order valence-corrected chi connectivity index (χ2v) is 6.83. The maximum Gasteiger partial charge on any atom is 0.145 e. The SMILES string of the molecule is N#C/C(=C1/SCC(c2ncc(Cl)cn2)S1)n1ccnc1. The van der Waals surface area contributed by atoms with Crippen molar-refractivity contribution in [1.29, 1.82) is 5.26 Å². The largest absolute Gasteiger partial charge is 0.296 e. The molecule has 8 heteroatoms. The maximum absolute atomic E-state index is 9.32. The molecule has 3 heterocycles. The van der Waals surface area contributed by atoms with Gasteiger partial charge < -0.3 is 0 Å². The first kappa shape index (κ1) is 13.5. The van der Waals surface area contributed by atoms with Gasteiger partial charge in [0.05, 0.1) is 20.8 Å². The lowest BCUT2D eigenvalue weighted by atomic mass is 10.4. The van der Waals surface area contributed by atoms with Gasteiger partial charge in [0.2, 0.25) is 0 Å². The molecule has 1 atom stereocenters. The first-order valence-electron chi connectivity index (χ1n) is 5.67. The number of hydrogen-bond acceptors (Lipinski definition) is 6. The van der Waals surface area contributed by atoms with Crippen LogP contribution in [0.4, 0.5) is 0 Å². The fourth-order valence-electron chi connectivity index (χ4n) is 1.69. The van der Waals surface area contributed by atoms with E-state index in [1.807, 2.05) is 0 Å². The molecular formula is C12H8ClN5S2. The molecule has 2 aromatic heterocycles. The quantitative estimate of drug-likeness (QED) is 0.791. The van der Waals surface area contributed by atoms with Gasteiger partial charge >= 0.3 is 0 Å². The number of imidazole rings is 1. The minimum atomic E-state index is 0.138. The van der Waals surface area contributed by atoms with Crippen LogP contribution in [-0.2, 0) is 0 Å². The van der Waals surface area contributed by atoms with Crippen molar-refractivity contribution in [3.63, 3.8) is 0 Å². The zero-order valence-electron chi connectivity index (χ0n) is 10.1. The second-order valence-electron chi connectivity index (χ2n) is 3.89. The number of thioether (sulfide) groups is 2. The number of halogens is 1. The molecule has 0 spiro atoms. The Balaban J connectivity index is 1.86. The Hall–Kier alpha value is -1.49. The molecule has 0 N–H and O–H groups in total. The van der Waals surface area contributed by atoms with E-state index in [9.17, 15) is 5.26 Å². The summed E-state index contributed by atoms with van der Waals surface area (Å²) in [5.74, 6) is 1.58. The van der Waals surface area contributed by atoms with Gasteiger partial charge in [-0.25, -0.2) is 15.0 Å². The van der Waals surface area contributed by atoms with Crippen LogP contribution in [0.1, 0.15) is 11.1 Å². The molecule has 1 fully saturated rings. The highest BCUT2D eigenvalue weighted by Crippen LogP contribution is 2.51. The topological polar surface area (TPSA) is 67.4 Å². The lowest BCUT2D eigenvalue weighted by Crippen LogP contribution is -1.99. The smallest absolute Gasteiger partial charge is 0.145 e. The first-order valence-corrected chi connectivity index (χ1v) is 7.92. The number of nitriles is 1. The van der Waals surface area contributed by atoms with E-state index >= 15 is 0 Å². The van der Waals surface area contributed by atoms with Crippen molar-refractivity contribution in [2.24, 2.45) is 0 Å². The van der Waals surface area contributed by atoms with Crippen molar-refractivity contribution in [2.45, 2.75) is 5.25 Å². The fraction of sp³-hybridized carbons (Fsp3) is 0.167. The van der Waals surface area contributed by atoms with Gasteiger partial charge in [-0.1, -0.05) is 11.6 Å².